The van der Waals surface area contributed by atoms with Gasteiger partial charge in [-0.05, 0) is 0 Å². The number of aromatic nitrogens is 1. The molecule has 1 heterocycles. The molecule has 0 bridgehead atoms. The zero-order valence-corrected chi connectivity index (χ0v) is 10.3. The molecule has 1 aromatic carbocycles. The van der Waals surface area contributed by atoms with Crippen LogP contribution in [-0.4, -0.2) is 27.3 Å². The van der Waals surface area contributed by atoms with Gasteiger partial charge in [-0.3, -0.25) is 0 Å². The fourth-order valence-electron chi connectivity index (χ4n) is 1.37. The van der Waals surface area contributed by atoms with Crippen molar-refractivity contribution in [3.8, 4) is 0 Å². The quantitative estimate of drug-likeness (QED) is 0.759. The molecule has 0 radical (unpaired) electrons. The molecule has 2 aromatic rings. The van der Waals surface area contributed by atoms with Gasteiger partial charge in [0.25, 0.3) is 0 Å². The Morgan fingerprint density at radius 3 is 2.43 bits per heavy atom. The van der Waals surface area contributed by atoms with Gasteiger partial charge in [0.2, 0.25) is 0 Å². The van der Waals surface area contributed by atoms with Crippen molar-refractivity contribution in [2.45, 2.75) is 6.42 Å². The topological polar surface area (TPSA) is 12.9 Å². The molecule has 70 valence electrons. The Bertz CT molecular complexity index is 412. The summed E-state index contributed by atoms with van der Waals surface area (Å²) in [6.45, 7) is 0. The maximum atomic E-state index is 4.49. The van der Waals surface area contributed by atoms with Crippen LogP contribution in [0.4, 0.5) is 0 Å². The molecule has 2 rings (SSSR count). The number of hydrogen-bond acceptors (Lipinski definition) is 1. The standard InChI is InChI=1S/C12H11NTe/c14-12-8-4-7-11(13-12)9-10-5-2-1-3-6-10/h1-8H,9H2,(H,13,14). The molecule has 0 aliphatic rings. The van der Waals surface area contributed by atoms with Gasteiger partial charge >= 0.3 is 97.2 Å². The van der Waals surface area contributed by atoms with E-state index in [9.17, 15) is 0 Å². The maximum absolute atomic E-state index is 4.49. The molecule has 0 N–H and O–H groups in total. The second-order valence-corrected chi connectivity index (χ2v) is 4.46. The third-order valence-corrected chi connectivity index (χ3v) is 2.73. The van der Waals surface area contributed by atoms with E-state index in [1.807, 2.05) is 12.1 Å². The van der Waals surface area contributed by atoms with Crippen molar-refractivity contribution < 1.29 is 0 Å². The van der Waals surface area contributed by atoms with Gasteiger partial charge in [-0.2, -0.15) is 0 Å². The second-order valence-electron chi connectivity index (χ2n) is 3.15. The summed E-state index contributed by atoms with van der Waals surface area (Å²) in [5, 5.41) is 0. The van der Waals surface area contributed by atoms with E-state index in [4.69, 9.17) is 0 Å². The van der Waals surface area contributed by atoms with E-state index in [0.29, 0.717) is 0 Å². The van der Waals surface area contributed by atoms with Gasteiger partial charge < -0.3 is 0 Å². The summed E-state index contributed by atoms with van der Waals surface area (Å²) in [5.74, 6) is 0. The second kappa shape index (κ2) is 4.59. The molecule has 2 heteroatoms. The van der Waals surface area contributed by atoms with E-state index in [1.165, 1.54) is 5.56 Å². The van der Waals surface area contributed by atoms with Crippen molar-refractivity contribution in [1.29, 1.82) is 0 Å². The number of hydrogen-bond donors (Lipinski definition) is 0. The van der Waals surface area contributed by atoms with Crippen LogP contribution in [0.1, 0.15) is 11.3 Å². The molecule has 0 atom stereocenters. The summed E-state index contributed by atoms with van der Waals surface area (Å²) in [4.78, 5) is 4.49. The molecule has 0 fully saturated rings. The number of rotatable bonds is 2. The SMILES string of the molecule is [TeH]c1cccc(Cc2ccccc2)n1. The molecule has 14 heavy (non-hydrogen) atoms. The minimum atomic E-state index is 0.927. The first-order valence-electron chi connectivity index (χ1n) is 4.53. The summed E-state index contributed by atoms with van der Waals surface area (Å²) in [6, 6.07) is 16.6. The number of nitrogens with zero attached hydrogens (tertiary/aromatic N) is 1. The molecule has 0 saturated carbocycles. The third-order valence-electron chi connectivity index (χ3n) is 2.02. The zero-order valence-electron chi connectivity index (χ0n) is 7.72. The molecule has 0 amide bonds. The van der Waals surface area contributed by atoms with Crippen LogP contribution >= 0.6 is 0 Å². The monoisotopic (exact) mass is 299 g/mol. The zero-order chi connectivity index (χ0) is 9.80. The normalized spacial score (nSPS) is 10.1. The molecular formula is C12H11NTe. The van der Waals surface area contributed by atoms with Crippen LogP contribution in [0, 0.1) is 0 Å². The molecule has 0 saturated heterocycles. The van der Waals surface area contributed by atoms with Crippen molar-refractivity contribution in [2.24, 2.45) is 0 Å². The van der Waals surface area contributed by atoms with Crippen LogP contribution in [0.3, 0.4) is 0 Å². The predicted octanol–water partition coefficient (Wildman–Crippen LogP) is 1.20. The van der Waals surface area contributed by atoms with Crippen LogP contribution in [0.15, 0.2) is 48.5 Å². The first-order chi connectivity index (χ1) is 6.84. The van der Waals surface area contributed by atoms with Crippen molar-refractivity contribution in [1.82, 2.24) is 4.98 Å². The van der Waals surface area contributed by atoms with E-state index in [0.717, 1.165) is 15.9 Å². The van der Waals surface area contributed by atoms with Gasteiger partial charge in [0.15, 0.2) is 0 Å². The van der Waals surface area contributed by atoms with E-state index in [-0.39, 0.29) is 0 Å². The van der Waals surface area contributed by atoms with Crippen molar-refractivity contribution in [3.63, 3.8) is 0 Å². The Hall–Kier alpha value is -0.840. The first kappa shape index (κ1) is 9.70. The van der Waals surface area contributed by atoms with E-state index >= 15 is 0 Å². The van der Waals surface area contributed by atoms with Gasteiger partial charge in [0.05, 0.1) is 0 Å². The van der Waals surface area contributed by atoms with Gasteiger partial charge in [0, 0.05) is 0 Å². The molecule has 0 unspecified atom stereocenters. The average Bonchev–Trinajstić information content (AvgIpc) is 2.19. The van der Waals surface area contributed by atoms with Crippen molar-refractivity contribution >= 4 is 26.0 Å². The summed E-state index contributed by atoms with van der Waals surface area (Å²) in [5.41, 5.74) is 2.46. The van der Waals surface area contributed by atoms with Gasteiger partial charge in [-0.15, -0.1) is 0 Å². The van der Waals surface area contributed by atoms with Crippen molar-refractivity contribution in [3.05, 3.63) is 59.8 Å². The van der Waals surface area contributed by atoms with Crippen LogP contribution in [0.2, 0.25) is 0 Å². The van der Waals surface area contributed by atoms with Gasteiger partial charge in [-0.25, -0.2) is 0 Å². The molecular weight excluding hydrogens is 286 g/mol. The summed E-state index contributed by atoms with van der Waals surface area (Å²) >= 11 is 1.66. The fourth-order valence-corrected chi connectivity index (χ4v) is 1.98. The molecule has 0 aliphatic heterocycles. The molecule has 0 spiro atoms. The number of benzene rings is 1. The van der Waals surface area contributed by atoms with Gasteiger partial charge in [-0.1, -0.05) is 0 Å². The van der Waals surface area contributed by atoms with Crippen LogP contribution < -0.4 is 3.74 Å². The molecule has 1 nitrogen and oxygen atoms in total. The fraction of sp³-hybridized carbons (Fsp3) is 0.0833. The number of pyridine rings is 1. The summed E-state index contributed by atoms with van der Waals surface area (Å²) in [7, 11) is 0. The summed E-state index contributed by atoms with van der Waals surface area (Å²) in [6.07, 6.45) is 0.927. The predicted molar refractivity (Wildman–Crippen MR) is 60.3 cm³/mol. The Morgan fingerprint density at radius 2 is 1.71 bits per heavy atom. The Balaban J connectivity index is 2.19. The Labute approximate surface area is 97.1 Å². The van der Waals surface area contributed by atoms with E-state index in [1.54, 1.807) is 22.3 Å². The van der Waals surface area contributed by atoms with E-state index in [2.05, 4.69) is 41.4 Å². The van der Waals surface area contributed by atoms with Crippen molar-refractivity contribution in [2.75, 3.05) is 0 Å². The third kappa shape index (κ3) is 2.57. The van der Waals surface area contributed by atoms with Crippen LogP contribution in [0.25, 0.3) is 0 Å². The van der Waals surface area contributed by atoms with E-state index < -0.39 is 0 Å². The van der Waals surface area contributed by atoms with Crippen LogP contribution in [0.5, 0.6) is 0 Å². The Kier molecular flexibility index (Phi) is 3.18. The summed E-state index contributed by atoms with van der Waals surface area (Å²) < 4.78 is 1.13. The Morgan fingerprint density at radius 1 is 0.929 bits per heavy atom. The minimum absolute atomic E-state index is 0.927. The molecule has 0 aliphatic carbocycles. The average molecular weight is 297 g/mol. The molecule has 1 aromatic heterocycles. The van der Waals surface area contributed by atoms with Gasteiger partial charge in [0.1, 0.15) is 0 Å². The van der Waals surface area contributed by atoms with Crippen LogP contribution in [-0.2, 0) is 6.42 Å². The first-order valence-corrected chi connectivity index (χ1v) is 5.81.